The first-order valence-corrected chi connectivity index (χ1v) is 10.0. The summed E-state index contributed by atoms with van der Waals surface area (Å²) >= 11 is 0. The second-order valence-electron chi connectivity index (χ2n) is 6.37. The minimum absolute atomic E-state index is 0.0309. The second-order valence-corrected chi connectivity index (χ2v) is 8.28. The maximum absolute atomic E-state index is 12.4. The third-order valence-electron chi connectivity index (χ3n) is 4.32. The zero-order valence-corrected chi connectivity index (χ0v) is 15.7. The van der Waals surface area contributed by atoms with Crippen molar-refractivity contribution < 1.29 is 22.9 Å². The lowest BCUT2D eigenvalue weighted by molar-refractivity contribution is -0.385. The molecule has 8 nitrogen and oxygen atoms in total. The summed E-state index contributed by atoms with van der Waals surface area (Å²) in [5.74, 6) is -0.311. The quantitative estimate of drug-likeness (QED) is 0.426. The minimum Gasteiger partial charge on any atom is -0.478 e. The van der Waals surface area contributed by atoms with Crippen molar-refractivity contribution in [2.45, 2.75) is 13.3 Å². The van der Waals surface area contributed by atoms with Crippen LogP contribution in [0.2, 0.25) is 0 Å². The molecule has 0 bridgehead atoms. The van der Waals surface area contributed by atoms with Gasteiger partial charge >= 0.3 is 5.69 Å². The maximum Gasteiger partial charge on any atom is 0.311 e. The Morgan fingerprint density at radius 1 is 1.26 bits per heavy atom. The van der Waals surface area contributed by atoms with E-state index >= 15 is 0 Å². The number of nitro benzene ring substituents is 1. The lowest BCUT2D eigenvalue weighted by Crippen LogP contribution is -2.27. The van der Waals surface area contributed by atoms with Gasteiger partial charge in [-0.3, -0.25) is 19.2 Å². The summed E-state index contributed by atoms with van der Waals surface area (Å²) in [6, 6.07) is 9.31. The number of aryl methyl sites for hydroxylation is 1. The van der Waals surface area contributed by atoms with Crippen LogP contribution in [0.5, 0.6) is 5.75 Å². The van der Waals surface area contributed by atoms with E-state index in [4.69, 9.17) is 4.74 Å². The van der Waals surface area contributed by atoms with E-state index in [1.54, 1.807) is 25.1 Å². The SMILES string of the molecule is Cc1ccc(OCC(=O)c2ccc3c(c2)CCN3S(C)(=O)=O)c([N+](=O)[O-])c1. The molecule has 0 aromatic heterocycles. The lowest BCUT2D eigenvalue weighted by Gasteiger charge is -2.16. The second kappa shape index (κ2) is 6.99. The first kappa shape index (κ1) is 18.8. The molecule has 27 heavy (non-hydrogen) atoms. The lowest BCUT2D eigenvalue weighted by atomic mass is 10.1. The van der Waals surface area contributed by atoms with Crippen LogP contribution >= 0.6 is 0 Å². The van der Waals surface area contributed by atoms with Crippen molar-refractivity contribution in [1.82, 2.24) is 0 Å². The maximum atomic E-state index is 12.4. The Hall–Kier alpha value is -2.94. The number of nitro groups is 1. The summed E-state index contributed by atoms with van der Waals surface area (Å²) in [7, 11) is -3.35. The van der Waals surface area contributed by atoms with Gasteiger partial charge in [-0.05, 0) is 48.7 Å². The number of nitrogens with zero attached hydrogens (tertiary/aromatic N) is 2. The molecule has 0 saturated carbocycles. The number of hydrogen-bond donors (Lipinski definition) is 0. The number of fused-ring (bicyclic) bond motifs is 1. The smallest absolute Gasteiger partial charge is 0.311 e. The normalized spacial score (nSPS) is 13.3. The van der Waals surface area contributed by atoms with Gasteiger partial charge in [0.05, 0.1) is 16.9 Å². The molecule has 0 amide bonds. The Morgan fingerprint density at radius 3 is 2.67 bits per heavy atom. The fraction of sp³-hybridized carbons (Fsp3) is 0.278. The van der Waals surface area contributed by atoms with E-state index in [1.165, 1.54) is 22.5 Å². The van der Waals surface area contributed by atoms with Gasteiger partial charge in [0.1, 0.15) is 0 Å². The molecule has 0 unspecified atom stereocenters. The topological polar surface area (TPSA) is 107 Å². The van der Waals surface area contributed by atoms with Crippen molar-refractivity contribution in [3.8, 4) is 5.75 Å². The highest BCUT2D eigenvalue weighted by atomic mass is 32.2. The molecule has 2 aromatic rings. The molecule has 2 aromatic carbocycles. The predicted molar refractivity (Wildman–Crippen MR) is 100.0 cm³/mol. The molecule has 0 spiro atoms. The van der Waals surface area contributed by atoms with Crippen LogP contribution in [0.1, 0.15) is 21.5 Å². The Morgan fingerprint density at radius 2 is 2.00 bits per heavy atom. The summed E-state index contributed by atoms with van der Waals surface area (Å²) in [5.41, 5.74) is 2.24. The molecule has 0 saturated heterocycles. The van der Waals surface area contributed by atoms with E-state index in [0.29, 0.717) is 24.2 Å². The number of ether oxygens (including phenoxy) is 1. The highest BCUT2D eigenvalue weighted by Gasteiger charge is 2.27. The minimum atomic E-state index is -3.35. The molecule has 0 atom stereocenters. The van der Waals surface area contributed by atoms with E-state index < -0.39 is 14.9 Å². The predicted octanol–water partition coefficient (Wildman–Crippen LogP) is 2.49. The van der Waals surface area contributed by atoms with Crippen LogP contribution < -0.4 is 9.04 Å². The number of Topliss-reactive ketones (excluding diaryl/α,β-unsaturated/α-hetero) is 1. The number of carbonyl (C=O) groups excluding carboxylic acids is 1. The van der Waals surface area contributed by atoms with Gasteiger partial charge in [-0.2, -0.15) is 0 Å². The average molecular weight is 390 g/mol. The average Bonchev–Trinajstić information content (AvgIpc) is 3.03. The van der Waals surface area contributed by atoms with Crippen LogP contribution in [-0.4, -0.2) is 38.5 Å². The first-order valence-electron chi connectivity index (χ1n) is 8.18. The number of benzene rings is 2. The summed E-state index contributed by atoms with van der Waals surface area (Å²) in [6.45, 7) is 1.72. The Balaban J connectivity index is 1.76. The van der Waals surface area contributed by atoms with Crippen LogP contribution in [0, 0.1) is 17.0 Å². The van der Waals surface area contributed by atoms with Crippen molar-refractivity contribution in [3.05, 3.63) is 63.2 Å². The Bertz CT molecular complexity index is 1030. The molecule has 1 aliphatic heterocycles. The molecule has 0 N–H and O–H groups in total. The zero-order chi connectivity index (χ0) is 19.8. The van der Waals surface area contributed by atoms with E-state index in [9.17, 15) is 23.3 Å². The molecule has 3 rings (SSSR count). The first-order chi connectivity index (χ1) is 12.7. The van der Waals surface area contributed by atoms with Gasteiger partial charge in [0.2, 0.25) is 10.0 Å². The molecule has 1 heterocycles. The van der Waals surface area contributed by atoms with Crippen molar-refractivity contribution in [1.29, 1.82) is 0 Å². The van der Waals surface area contributed by atoms with E-state index in [2.05, 4.69) is 0 Å². The van der Waals surface area contributed by atoms with Gasteiger partial charge in [-0.15, -0.1) is 0 Å². The van der Waals surface area contributed by atoms with Gasteiger partial charge < -0.3 is 4.74 Å². The summed E-state index contributed by atoms with van der Waals surface area (Å²) < 4.78 is 30.2. The van der Waals surface area contributed by atoms with Crippen molar-refractivity contribution >= 4 is 27.2 Å². The third-order valence-corrected chi connectivity index (χ3v) is 5.50. The van der Waals surface area contributed by atoms with Gasteiger partial charge in [-0.1, -0.05) is 6.07 Å². The largest absolute Gasteiger partial charge is 0.478 e. The molecule has 0 radical (unpaired) electrons. The monoisotopic (exact) mass is 390 g/mol. The molecule has 9 heteroatoms. The fourth-order valence-corrected chi connectivity index (χ4v) is 3.97. The molecular formula is C18H18N2O6S. The standard InChI is InChI=1S/C18H18N2O6S/c1-12-3-6-18(16(9-12)20(22)23)26-11-17(21)14-4-5-15-13(10-14)7-8-19(15)27(2,24)25/h3-6,9-10H,7-8,11H2,1-2H3. The summed E-state index contributed by atoms with van der Waals surface area (Å²) in [5, 5.41) is 11.1. The van der Waals surface area contributed by atoms with Crippen LogP contribution in [-0.2, 0) is 16.4 Å². The van der Waals surface area contributed by atoms with E-state index in [1.807, 2.05) is 0 Å². The van der Waals surface area contributed by atoms with E-state index in [-0.39, 0.29) is 23.8 Å². The van der Waals surface area contributed by atoms with Crippen LogP contribution in [0.3, 0.4) is 0 Å². The number of rotatable bonds is 6. The molecule has 142 valence electrons. The Kier molecular flexibility index (Phi) is 4.88. The van der Waals surface area contributed by atoms with Crippen molar-refractivity contribution in [2.75, 3.05) is 23.7 Å². The fourth-order valence-electron chi connectivity index (χ4n) is 3.01. The van der Waals surface area contributed by atoms with Gasteiger partial charge in [0, 0.05) is 18.2 Å². The number of anilines is 1. The van der Waals surface area contributed by atoms with Crippen molar-refractivity contribution in [3.63, 3.8) is 0 Å². The summed E-state index contributed by atoms with van der Waals surface area (Å²) in [6.07, 6.45) is 1.66. The number of sulfonamides is 1. The van der Waals surface area contributed by atoms with Crippen LogP contribution in [0.4, 0.5) is 11.4 Å². The third kappa shape index (κ3) is 3.92. The number of ketones is 1. The van der Waals surface area contributed by atoms with Gasteiger partial charge in [0.25, 0.3) is 0 Å². The highest BCUT2D eigenvalue weighted by molar-refractivity contribution is 7.92. The number of carbonyl (C=O) groups is 1. The van der Waals surface area contributed by atoms with Crippen molar-refractivity contribution in [2.24, 2.45) is 0 Å². The van der Waals surface area contributed by atoms with Crippen LogP contribution in [0.25, 0.3) is 0 Å². The van der Waals surface area contributed by atoms with E-state index in [0.717, 1.165) is 17.4 Å². The molecule has 1 aliphatic rings. The number of hydrogen-bond acceptors (Lipinski definition) is 6. The molecular weight excluding hydrogens is 372 g/mol. The Labute approximate surface area is 156 Å². The summed E-state index contributed by atoms with van der Waals surface area (Å²) in [4.78, 5) is 23.0. The zero-order valence-electron chi connectivity index (χ0n) is 14.8. The molecule has 0 aliphatic carbocycles. The van der Waals surface area contributed by atoms with Gasteiger partial charge in [0.15, 0.2) is 18.1 Å². The molecule has 0 fully saturated rings. The van der Waals surface area contributed by atoms with Gasteiger partial charge in [-0.25, -0.2) is 8.42 Å². The van der Waals surface area contributed by atoms with Crippen LogP contribution in [0.15, 0.2) is 36.4 Å². The highest BCUT2D eigenvalue weighted by Crippen LogP contribution is 2.31.